The molecular formula is C38H47N5O2. The first kappa shape index (κ1) is 33.5. The van der Waals surface area contributed by atoms with Gasteiger partial charge < -0.3 is 10.3 Å². The first-order valence-electron chi connectivity index (χ1n) is 16.2. The van der Waals surface area contributed by atoms with Gasteiger partial charge in [-0.1, -0.05) is 97.1 Å². The number of fused-ring (bicyclic) bond motifs is 1. The van der Waals surface area contributed by atoms with Crippen LogP contribution in [0, 0.1) is 11.8 Å². The highest BCUT2D eigenvalue weighted by Crippen LogP contribution is 2.36. The monoisotopic (exact) mass is 605 g/mol. The highest BCUT2D eigenvalue weighted by molar-refractivity contribution is 6.09. The van der Waals surface area contributed by atoms with E-state index in [0.29, 0.717) is 30.0 Å². The highest BCUT2D eigenvalue weighted by Gasteiger charge is 2.27. The van der Waals surface area contributed by atoms with Gasteiger partial charge in [0.25, 0.3) is 5.56 Å². The zero-order valence-corrected chi connectivity index (χ0v) is 27.8. The summed E-state index contributed by atoms with van der Waals surface area (Å²) in [5.74, 6) is 6.95. The van der Waals surface area contributed by atoms with E-state index in [1.165, 1.54) is 0 Å². The lowest BCUT2D eigenvalue weighted by Gasteiger charge is -2.27. The lowest BCUT2D eigenvalue weighted by molar-refractivity contribution is 0.256. The predicted molar refractivity (Wildman–Crippen MR) is 188 cm³/mol. The van der Waals surface area contributed by atoms with Crippen LogP contribution in [0.3, 0.4) is 0 Å². The molecule has 0 spiro atoms. The Labute approximate surface area is 268 Å². The molecule has 0 aliphatic rings. The fraction of sp³-hybridized carbons (Fsp3) is 0.395. The number of aromatic amines is 1. The number of anilines is 2. The number of rotatable bonds is 11. The summed E-state index contributed by atoms with van der Waals surface area (Å²) in [5.41, 5.74) is 5.79. The van der Waals surface area contributed by atoms with E-state index in [9.17, 15) is 9.59 Å². The van der Waals surface area contributed by atoms with Crippen molar-refractivity contribution in [1.29, 1.82) is 0 Å². The van der Waals surface area contributed by atoms with Crippen LogP contribution >= 0.6 is 0 Å². The number of carbonyl (C=O) groups is 1. The molecule has 45 heavy (non-hydrogen) atoms. The molecule has 0 atom stereocenters. The van der Waals surface area contributed by atoms with Gasteiger partial charge in [-0.2, -0.15) is 0 Å². The molecule has 2 aromatic heterocycles. The standard InChI is InChI=1S/C38H47N5O2/c1-8-11-25-43(38(45)40-34-30(26(4)5)16-12-17-31(34)27(6)7)35-33(32-18-13-23-39-36(32)41-37(35)44)29-21-19-28(20-22-29)15-14-24-42(9-2)10-3/h12-13,16-23,26-27H,8-11,24-25H2,1-7H3,(H,40,45)(H,39,41,44). The maximum absolute atomic E-state index is 14.3. The Kier molecular flexibility index (Phi) is 11.6. The van der Waals surface area contributed by atoms with E-state index in [1.807, 2.05) is 42.5 Å². The van der Waals surface area contributed by atoms with Crippen molar-refractivity contribution in [3.8, 4) is 23.0 Å². The summed E-state index contributed by atoms with van der Waals surface area (Å²) in [6.45, 7) is 17.9. The molecule has 0 saturated heterocycles. The van der Waals surface area contributed by atoms with Crippen LogP contribution in [0.2, 0.25) is 0 Å². The van der Waals surface area contributed by atoms with Crippen molar-refractivity contribution < 1.29 is 4.79 Å². The number of aromatic nitrogens is 2. The molecule has 0 radical (unpaired) electrons. The number of urea groups is 1. The number of para-hydroxylation sites is 1. The van der Waals surface area contributed by atoms with Crippen molar-refractivity contribution >= 4 is 28.4 Å². The van der Waals surface area contributed by atoms with Crippen LogP contribution in [0.4, 0.5) is 16.2 Å². The van der Waals surface area contributed by atoms with Gasteiger partial charge in [-0.05, 0) is 72.3 Å². The smallest absolute Gasteiger partial charge is 0.307 e. The Morgan fingerprint density at radius 3 is 2.20 bits per heavy atom. The molecule has 0 aliphatic carbocycles. The topological polar surface area (TPSA) is 81.3 Å². The molecule has 4 rings (SSSR count). The minimum absolute atomic E-state index is 0.211. The third-order valence-electron chi connectivity index (χ3n) is 8.22. The second-order valence-electron chi connectivity index (χ2n) is 12.0. The van der Waals surface area contributed by atoms with E-state index >= 15 is 0 Å². The Bertz CT molecular complexity index is 1700. The van der Waals surface area contributed by atoms with Crippen molar-refractivity contribution in [2.24, 2.45) is 0 Å². The van der Waals surface area contributed by atoms with Crippen molar-refractivity contribution in [2.45, 2.75) is 73.1 Å². The van der Waals surface area contributed by atoms with Gasteiger partial charge in [-0.15, -0.1) is 0 Å². The zero-order valence-electron chi connectivity index (χ0n) is 27.8. The lowest BCUT2D eigenvalue weighted by atomic mass is 9.92. The zero-order chi connectivity index (χ0) is 32.5. The SMILES string of the molecule is CCCCN(C(=O)Nc1c(C(C)C)cccc1C(C)C)c1c(-c2ccc(C#CCN(CC)CC)cc2)c2cccnc2[nH]c1=O. The van der Waals surface area contributed by atoms with Gasteiger partial charge in [0.15, 0.2) is 0 Å². The van der Waals surface area contributed by atoms with Crippen LogP contribution in [-0.2, 0) is 0 Å². The largest absolute Gasteiger partial charge is 0.326 e. The number of hydrogen-bond donors (Lipinski definition) is 2. The molecule has 2 aromatic carbocycles. The minimum Gasteiger partial charge on any atom is -0.307 e. The Hall–Kier alpha value is -4.41. The number of carbonyl (C=O) groups excluding carboxylic acids is 1. The number of unbranched alkanes of at least 4 members (excludes halogenated alkanes) is 1. The molecule has 7 nitrogen and oxygen atoms in total. The number of hydrogen-bond acceptors (Lipinski definition) is 4. The van der Waals surface area contributed by atoms with E-state index in [2.05, 4.69) is 92.6 Å². The summed E-state index contributed by atoms with van der Waals surface area (Å²) in [7, 11) is 0. The summed E-state index contributed by atoms with van der Waals surface area (Å²) in [5, 5.41) is 4.02. The lowest BCUT2D eigenvalue weighted by Crippen LogP contribution is -2.40. The van der Waals surface area contributed by atoms with Crippen molar-refractivity contribution in [3.63, 3.8) is 0 Å². The number of H-pyrrole nitrogens is 1. The average Bonchev–Trinajstić information content (AvgIpc) is 3.03. The van der Waals surface area contributed by atoms with Gasteiger partial charge in [0.1, 0.15) is 11.3 Å². The molecule has 236 valence electrons. The van der Waals surface area contributed by atoms with Crippen LogP contribution in [0.1, 0.15) is 89.8 Å². The normalized spacial score (nSPS) is 11.2. The van der Waals surface area contributed by atoms with Crippen LogP contribution in [0.25, 0.3) is 22.2 Å². The van der Waals surface area contributed by atoms with Crippen molar-refractivity contribution in [3.05, 3.63) is 87.8 Å². The fourth-order valence-electron chi connectivity index (χ4n) is 5.59. The number of nitrogens with zero attached hydrogens (tertiary/aromatic N) is 3. The minimum atomic E-state index is -0.355. The summed E-state index contributed by atoms with van der Waals surface area (Å²) < 4.78 is 0. The Balaban J connectivity index is 1.85. The van der Waals surface area contributed by atoms with Crippen LogP contribution in [0.15, 0.2) is 65.6 Å². The second-order valence-corrected chi connectivity index (χ2v) is 12.0. The van der Waals surface area contributed by atoms with E-state index in [-0.39, 0.29) is 23.4 Å². The molecule has 0 bridgehead atoms. The molecule has 7 heteroatoms. The predicted octanol–water partition coefficient (Wildman–Crippen LogP) is 8.37. The summed E-state index contributed by atoms with van der Waals surface area (Å²) in [6, 6.07) is 17.5. The van der Waals surface area contributed by atoms with E-state index in [1.54, 1.807) is 11.1 Å². The van der Waals surface area contributed by atoms with Crippen LogP contribution in [-0.4, -0.2) is 47.1 Å². The third-order valence-corrected chi connectivity index (χ3v) is 8.22. The number of benzene rings is 2. The molecule has 4 aromatic rings. The molecule has 0 unspecified atom stereocenters. The number of pyridine rings is 2. The summed E-state index contributed by atoms with van der Waals surface area (Å²) in [6.07, 6.45) is 3.27. The maximum atomic E-state index is 14.3. The molecule has 2 heterocycles. The second kappa shape index (κ2) is 15.5. The fourth-order valence-corrected chi connectivity index (χ4v) is 5.59. The quantitative estimate of drug-likeness (QED) is 0.168. The first-order chi connectivity index (χ1) is 21.7. The van der Waals surface area contributed by atoms with Gasteiger partial charge in [-0.25, -0.2) is 9.78 Å². The van der Waals surface area contributed by atoms with Gasteiger partial charge in [0, 0.05) is 34.9 Å². The third kappa shape index (κ3) is 7.82. The van der Waals surface area contributed by atoms with E-state index in [0.717, 1.165) is 59.3 Å². The Morgan fingerprint density at radius 2 is 1.60 bits per heavy atom. The molecule has 0 aliphatic heterocycles. The van der Waals surface area contributed by atoms with Crippen LogP contribution < -0.4 is 15.8 Å². The van der Waals surface area contributed by atoms with E-state index < -0.39 is 0 Å². The highest BCUT2D eigenvalue weighted by atomic mass is 16.2. The average molecular weight is 606 g/mol. The van der Waals surface area contributed by atoms with Crippen molar-refractivity contribution in [1.82, 2.24) is 14.9 Å². The molecule has 0 saturated carbocycles. The van der Waals surface area contributed by atoms with Gasteiger partial charge in [0.05, 0.1) is 6.54 Å². The summed E-state index contributed by atoms with van der Waals surface area (Å²) >= 11 is 0. The van der Waals surface area contributed by atoms with Crippen LogP contribution in [0.5, 0.6) is 0 Å². The summed E-state index contributed by atoms with van der Waals surface area (Å²) in [4.78, 5) is 39.5. The van der Waals surface area contributed by atoms with Gasteiger partial charge in [0.2, 0.25) is 0 Å². The molecule has 2 amide bonds. The maximum Gasteiger partial charge on any atom is 0.326 e. The van der Waals surface area contributed by atoms with E-state index in [4.69, 9.17) is 0 Å². The molecule has 2 N–H and O–H groups in total. The molecule has 0 fully saturated rings. The number of nitrogens with one attached hydrogen (secondary N) is 2. The van der Waals surface area contributed by atoms with Gasteiger partial charge >= 0.3 is 6.03 Å². The molecular weight excluding hydrogens is 558 g/mol. The first-order valence-corrected chi connectivity index (χ1v) is 16.2. The van der Waals surface area contributed by atoms with Crippen molar-refractivity contribution in [2.75, 3.05) is 36.4 Å². The number of amides is 2. The Morgan fingerprint density at radius 1 is 0.933 bits per heavy atom. The van der Waals surface area contributed by atoms with Gasteiger partial charge in [-0.3, -0.25) is 14.6 Å².